The Balaban J connectivity index is -0.00000364. The number of hydrogen-bond donors (Lipinski definition) is 3. The molecule has 4 N–H and O–H groups in total. The molecular formula is C24H51N2NaO2. The largest absolute Gasteiger partial charge is 1.00 e. The molecule has 0 amide bonds. The molecular weight excluding hydrogens is 371 g/mol. The third-order valence-electron chi connectivity index (χ3n) is 5.64. The van der Waals surface area contributed by atoms with Crippen molar-refractivity contribution in [3.8, 4) is 0 Å². The van der Waals surface area contributed by atoms with E-state index in [0.29, 0.717) is 6.42 Å². The molecule has 29 heavy (non-hydrogen) atoms. The van der Waals surface area contributed by atoms with E-state index in [0.717, 1.165) is 25.9 Å². The molecule has 0 rings (SSSR count). The van der Waals surface area contributed by atoms with Gasteiger partial charge in [0.2, 0.25) is 0 Å². The summed E-state index contributed by atoms with van der Waals surface area (Å²) >= 11 is 0. The molecule has 0 aliphatic carbocycles. The van der Waals surface area contributed by atoms with Crippen molar-refractivity contribution in [3.63, 3.8) is 0 Å². The molecule has 0 radical (unpaired) electrons. The fourth-order valence-electron chi connectivity index (χ4n) is 3.66. The van der Waals surface area contributed by atoms with Gasteiger partial charge in [0.25, 0.3) is 0 Å². The van der Waals surface area contributed by atoms with Crippen LogP contribution in [-0.2, 0) is 4.79 Å². The van der Waals surface area contributed by atoms with Crippen molar-refractivity contribution in [3.05, 3.63) is 0 Å². The number of unbranched alkanes of at least 4 members (excludes halogenated alkanes) is 16. The molecule has 0 aliphatic rings. The summed E-state index contributed by atoms with van der Waals surface area (Å²) in [5, 5.41) is 12.2. The first kappa shape index (κ1) is 31.6. The van der Waals surface area contributed by atoms with E-state index in [-0.39, 0.29) is 31.0 Å². The molecule has 0 aromatic rings. The van der Waals surface area contributed by atoms with Gasteiger partial charge in [-0.1, -0.05) is 110 Å². The Morgan fingerprint density at radius 2 is 1.07 bits per heavy atom. The van der Waals surface area contributed by atoms with E-state index < -0.39 is 12.0 Å². The average molecular weight is 423 g/mol. The first-order valence-corrected chi connectivity index (χ1v) is 12.4. The number of aliphatic carboxylic acids is 1. The number of carboxylic acid groups (broad SMARTS) is 1. The van der Waals surface area contributed by atoms with E-state index >= 15 is 0 Å². The molecule has 0 saturated heterocycles. The molecule has 0 fully saturated rings. The van der Waals surface area contributed by atoms with Gasteiger partial charge in [-0.05, 0) is 32.4 Å². The quantitative estimate of drug-likeness (QED) is 0.174. The molecule has 0 heterocycles. The summed E-state index contributed by atoms with van der Waals surface area (Å²) in [6.45, 7) is 4.35. The van der Waals surface area contributed by atoms with Gasteiger partial charge in [-0.3, -0.25) is 4.79 Å². The van der Waals surface area contributed by atoms with Gasteiger partial charge in [-0.2, -0.15) is 0 Å². The van der Waals surface area contributed by atoms with Crippen molar-refractivity contribution in [2.45, 2.75) is 135 Å². The van der Waals surface area contributed by atoms with Crippen molar-refractivity contribution in [1.82, 2.24) is 5.32 Å². The fraction of sp³-hybridized carbons (Fsp3) is 0.958. The predicted molar refractivity (Wildman–Crippen MR) is 123 cm³/mol. The fourth-order valence-corrected chi connectivity index (χ4v) is 3.66. The maximum Gasteiger partial charge on any atom is 1.00 e. The minimum atomic E-state index is -0.888. The number of nitrogens with two attached hydrogens (primary N) is 1. The summed E-state index contributed by atoms with van der Waals surface area (Å²) < 4.78 is 0. The van der Waals surface area contributed by atoms with Gasteiger partial charge in [-0.15, -0.1) is 0 Å². The van der Waals surface area contributed by atoms with Crippen LogP contribution < -0.4 is 40.6 Å². The van der Waals surface area contributed by atoms with Crippen LogP contribution in [0.4, 0.5) is 0 Å². The third kappa shape index (κ3) is 26.4. The summed E-state index contributed by atoms with van der Waals surface area (Å²) in [5.41, 5.74) is 5.48. The Morgan fingerprint density at radius 3 is 1.45 bits per heavy atom. The van der Waals surface area contributed by atoms with Gasteiger partial charge < -0.3 is 17.6 Å². The second-order valence-corrected chi connectivity index (χ2v) is 8.49. The van der Waals surface area contributed by atoms with E-state index in [1.165, 1.54) is 103 Å². The van der Waals surface area contributed by atoms with Crippen LogP contribution in [0.3, 0.4) is 0 Å². The molecule has 0 unspecified atom stereocenters. The average Bonchev–Trinajstić information content (AvgIpc) is 2.68. The van der Waals surface area contributed by atoms with E-state index in [4.69, 9.17) is 10.8 Å². The Bertz CT molecular complexity index is 336. The van der Waals surface area contributed by atoms with Crippen molar-refractivity contribution in [2.75, 3.05) is 13.1 Å². The first-order chi connectivity index (χ1) is 13.7. The first-order valence-electron chi connectivity index (χ1n) is 12.4. The topological polar surface area (TPSA) is 75.3 Å². The van der Waals surface area contributed by atoms with E-state index in [1.54, 1.807) is 0 Å². The molecule has 0 bridgehead atoms. The van der Waals surface area contributed by atoms with Crippen molar-refractivity contribution in [1.29, 1.82) is 0 Å². The van der Waals surface area contributed by atoms with Crippen molar-refractivity contribution < 1.29 is 40.9 Å². The van der Waals surface area contributed by atoms with Crippen LogP contribution in [0, 0.1) is 0 Å². The van der Waals surface area contributed by atoms with Gasteiger partial charge >= 0.3 is 35.5 Å². The van der Waals surface area contributed by atoms with Gasteiger partial charge in [0.1, 0.15) is 6.04 Å². The Labute approximate surface area is 205 Å². The van der Waals surface area contributed by atoms with Crippen LogP contribution in [0.25, 0.3) is 0 Å². The van der Waals surface area contributed by atoms with E-state index in [9.17, 15) is 4.79 Å². The van der Waals surface area contributed by atoms with Crippen LogP contribution in [-0.4, -0.2) is 30.2 Å². The summed E-state index contributed by atoms with van der Waals surface area (Å²) in [7, 11) is 0. The minimum absolute atomic E-state index is 0. The van der Waals surface area contributed by atoms with Crippen LogP contribution in [0.5, 0.6) is 0 Å². The second kappa shape index (κ2) is 26.4. The number of carbonyl (C=O) groups is 1. The Kier molecular flexibility index (Phi) is 28.8. The maximum absolute atomic E-state index is 10.6. The molecule has 0 aromatic heterocycles. The summed E-state index contributed by atoms with van der Waals surface area (Å²) in [5.74, 6) is -0.888. The minimum Gasteiger partial charge on any atom is -1.00 e. The standard InChI is InChI=1S/C24H50N2O2.Na.H/c1-2-3-4-5-6-7-8-9-10-11-12-13-14-15-16-18-21-26-22-19-17-20-23(25)24(27)28;;/h23,26H,2-22,25H2,1H3,(H,27,28);;/q;+1;-1/t23-;;/m0../s1. The molecule has 5 heteroatoms. The summed E-state index contributed by atoms with van der Waals surface area (Å²) in [6.07, 6.45) is 25.0. The normalized spacial score (nSPS) is 11.9. The summed E-state index contributed by atoms with van der Waals surface area (Å²) in [6, 6.07) is -0.694. The monoisotopic (exact) mass is 422 g/mol. The predicted octanol–water partition coefficient (Wildman–Crippen LogP) is 3.54. The van der Waals surface area contributed by atoms with Crippen molar-refractivity contribution in [2.24, 2.45) is 5.73 Å². The molecule has 4 nitrogen and oxygen atoms in total. The second-order valence-electron chi connectivity index (χ2n) is 8.49. The smallest absolute Gasteiger partial charge is 1.00 e. The zero-order chi connectivity index (χ0) is 20.7. The van der Waals surface area contributed by atoms with Gasteiger partial charge in [0.05, 0.1) is 0 Å². The third-order valence-corrected chi connectivity index (χ3v) is 5.64. The van der Waals surface area contributed by atoms with Crippen LogP contribution in [0.2, 0.25) is 0 Å². The molecule has 1 atom stereocenters. The Hall–Kier alpha value is 0.390. The Morgan fingerprint density at radius 1 is 0.724 bits per heavy atom. The molecule has 0 saturated carbocycles. The van der Waals surface area contributed by atoms with Gasteiger partial charge in [-0.25, -0.2) is 0 Å². The van der Waals surface area contributed by atoms with Crippen molar-refractivity contribution >= 4 is 5.97 Å². The summed E-state index contributed by atoms with van der Waals surface area (Å²) in [4.78, 5) is 10.6. The number of carboxylic acids is 1. The number of nitrogens with one attached hydrogen (secondary N) is 1. The molecule has 0 aromatic carbocycles. The van der Waals surface area contributed by atoms with Crippen LogP contribution in [0.1, 0.15) is 130 Å². The SMILES string of the molecule is CCCCCCCCCCCCCCCCCCNCCCC[C@H](N)C(=O)O.[H-].[Na+]. The molecule has 0 spiro atoms. The number of hydrogen-bond acceptors (Lipinski definition) is 3. The van der Waals surface area contributed by atoms with Crippen LogP contribution >= 0.6 is 0 Å². The molecule has 0 aliphatic heterocycles. The number of rotatable bonds is 23. The van der Waals surface area contributed by atoms with E-state index in [2.05, 4.69) is 12.2 Å². The van der Waals surface area contributed by atoms with Gasteiger partial charge in [0, 0.05) is 0 Å². The zero-order valence-electron chi connectivity index (χ0n) is 20.9. The zero-order valence-corrected chi connectivity index (χ0v) is 21.9. The van der Waals surface area contributed by atoms with Gasteiger partial charge in [0.15, 0.2) is 0 Å². The van der Waals surface area contributed by atoms with E-state index in [1.807, 2.05) is 0 Å². The maximum atomic E-state index is 10.6. The molecule has 170 valence electrons. The van der Waals surface area contributed by atoms with Crippen LogP contribution in [0.15, 0.2) is 0 Å².